The van der Waals surface area contributed by atoms with Crippen molar-refractivity contribution in [3.05, 3.63) is 83.8 Å². The summed E-state index contributed by atoms with van der Waals surface area (Å²) in [7, 11) is 0. The second-order valence-corrected chi connectivity index (χ2v) is 6.31. The number of rotatable bonds is 4. The Morgan fingerprint density at radius 1 is 0.821 bits per heavy atom. The summed E-state index contributed by atoms with van der Waals surface area (Å²) >= 11 is 0. The first-order valence-electron chi connectivity index (χ1n) is 8.85. The fourth-order valence-electron chi connectivity index (χ4n) is 2.88. The van der Waals surface area contributed by atoms with Crippen molar-refractivity contribution >= 4 is 22.5 Å². The molecule has 0 saturated heterocycles. The molecule has 1 N–H and O–H groups in total. The first-order chi connectivity index (χ1) is 13.6. The Hall–Kier alpha value is -3.80. The first-order valence-corrected chi connectivity index (χ1v) is 8.85. The molecule has 0 aliphatic carbocycles. The molecule has 2 heterocycles. The molecule has 0 fully saturated rings. The molecule has 0 atom stereocenters. The van der Waals surface area contributed by atoms with Crippen molar-refractivity contribution in [2.45, 2.75) is 13.8 Å². The van der Waals surface area contributed by atoms with Gasteiger partial charge in [-0.15, -0.1) is 0 Å². The van der Waals surface area contributed by atoms with Gasteiger partial charge in [0.05, 0.1) is 22.6 Å². The Morgan fingerprint density at radius 3 is 2.25 bits per heavy atom. The summed E-state index contributed by atoms with van der Waals surface area (Å²) in [5, 5.41) is 3.85. The number of ether oxygens (including phenoxy) is 1. The maximum atomic E-state index is 12.7. The molecule has 0 saturated carbocycles. The van der Waals surface area contributed by atoms with Crippen molar-refractivity contribution in [1.29, 1.82) is 0 Å². The van der Waals surface area contributed by atoms with E-state index in [-0.39, 0.29) is 11.9 Å². The van der Waals surface area contributed by atoms with Crippen LogP contribution in [-0.2, 0) is 0 Å². The van der Waals surface area contributed by atoms with E-state index in [1.165, 1.54) is 0 Å². The van der Waals surface area contributed by atoms with Crippen LogP contribution in [0.1, 0.15) is 21.9 Å². The second-order valence-electron chi connectivity index (χ2n) is 6.31. The molecule has 0 unspecified atom stereocenters. The zero-order chi connectivity index (χ0) is 19.5. The number of amides is 1. The van der Waals surface area contributed by atoms with Crippen LogP contribution in [0.5, 0.6) is 11.8 Å². The Morgan fingerprint density at radius 2 is 1.50 bits per heavy atom. The highest BCUT2D eigenvalue weighted by Gasteiger charge is 2.15. The standard InChI is InChI=1S/C22H18N4O2/c1-14-20(15(2)24-22(23-14)28-17-9-4-3-5-10-17)26-21(27)19-13-12-16-8-6-7-11-18(16)25-19/h3-13H,1-2H3,(H,26,27). The van der Waals surface area contributed by atoms with Crippen molar-refractivity contribution in [3.8, 4) is 11.8 Å². The summed E-state index contributed by atoms with van der Waals surface area (Å²) in [5.74, 6) is 0.343. The van der Waals surface area contributed by atoms with Gasteiger partial charge >= 0.3 is 6.01 Å². The van der Waals surface area contributed by atoms with Crippen molar-refractivity contribution < 1.29 is 9.53 Å². The zero-order valence-electron chi connectivity index (χ0n) is 15.5. The van der Waals surface area contributed by atoms with Gasteiger partial charge in [0, 0.05) is 5.39 Å². The van der Waals surface area contributed by atoms with Gasteiger partial charge in [-0.3, -0.25) is 4.79 Å². The summed E-state index contributed by atoms with van der Waals surface area (Å²) in [6.07, 6.45) is 0. The number of hydrogen-bond acceptors (Lipinski definition) is 5. The van der Waals surface area contributed by atoms with Gasteiger partial charge in [0.1, 0.15) is 11.4 Å². The summed E-state index contributed by atoms with van der Waals surface area (Å²) < 4.78 is 5.69. The molecule has 28 heavy (non-hydrogen) atoms. The van der Waals surface area contributed by atoms with E-state index >= 15 is 0 Å². The van der Waals surface area contributed by atoms with Crippen LogP contribution in [0.2, 0.25) is 0 Å². The van der Waals surface area contributed by atoms with Crippen LogP contribution >= 0.6 is 0 Å². The molecule has 0 spiro atoms. The van der Waals surface area contributed by atoms with E-state index in [2.05, 4.69) is 20.3 Å². The van der Waals surface area contributed by atoms with Crippen LogP contribution in [0.4, 0.5) is 5.69 Å². The molecular formula is C22H18N4O2. The number of hydrogen-bond donors (Lipinski definition) is 1. The topological polar surface area (TPSA) is 77.0 Å². The van der Waals surface area contributed by atoms with Gasteiger partial charge in [-0.25, -0.2) is 4.98 Å². The SMILES string of the molecule is Cc1nc(Oc2ccccc2)nc(C)c1NC(=O)c1ccc2ccccc2n1. The number of carbonyl (C=O) groups excluding carboxylic acids is 1. The molecule has 1 amide bonds. The third-order valence-electron chi connectivity index (χ3n) is 4.27. The van der Waals surface area contributed by atoms with Gasteiger partial charge in [-0.05, 0) is 38.1 Å². The van der Waals surface area contributed by atoms with Gasteiger partial charge in [-0.2, -0.15) is 9.97 Å². The van der Waals surface area contributed by atoms with Gasteiger partial charge < -0.3 is 10.1 Å². The number of fused-ring (bicyclic) bond motifs is 1. The molecule has 0 radical (unpaired) electrons. The number of benzene rings is 2. The molecule has 6 heteroatoms. The largest absolute Gasteiger partial charge is 0.424 e. The van der Waals surface area contributed by atoms with E-state index in [0.717, 1.165) is 10.9 Å². The summed E-state index contributed by atoms with van der Waals surface area (Å²) in [5.41, 5.74) is 2.90. The molecule has 6 nitrogen and oxygen atoms in total. The third kappa shape index (κ3) is 3.66. The second kappa shape index (κ2) is 7.44. The lowest BCUT2D eigenvalue weighted by atomic mass is 10.2. The smallest absolute Gasteiger partial charge is 0.322 e. The van der Waals surface area contributed by atoms with Crippen LogP contribution in [-0.4, -0.2) is 20.9 Å². The molecule has 4 aromatic rings. The third-order valence-corrected chi connectivity index (χ3v) is 4.27. The number of pyridine rings is 1. The summed E-state index contributed by atoms with van der Waals surface area (Å²) in [6, 6.07) is 20.8. The summed E-state index contributed by atoms with van der Waals surface area (Å²) in [4.78, 5) is 25.8. The Balaban J connectivity index is 1.57. The number of nitrogens with one attached hydrogen (secondary N) is 1. The van der Waals surface area contributed by atoms with Crippen LogP contribution < -0.4 is 10.1 Å². The first kappa shape index (κ1) is 17.6. The van der Waals surface area contributed by atoms with E-state index in [1.807, 2.05) is 60.7 Å². The number of para-hydroxylation sites is 2. The van der Waals surface area contributed by atoms with Crippen LogP contribution in [0.25, 0.3) is 10.9 Å². The summed E-state index contributed by atoms with van der Waals surface area (Å²) in [6.45, 7) is 3.60. The molecule has 0 bridgehead atoms. The highest BCUT2D eigenvalue weighted by Crippen LogP contribution is 2.24. The lowest BCUT2D eigenvalue weighted by molar-refractivity contribution is 0.102. The Kier molecular flexibility index (Phi) is 4.68. The van der Waals surface area contributed by atoms with E-state index in [4.69, 9.17) is 4.74 Å². The lowest BCUT2D eigenvalue weighted by Gasteiger charge is -2.12. The van der Waals surface area contributed by atoms with Gasteiger partial charge in [0.2, 0.25) is 0 Å². The van der Waals surface area contributed by atoms with Crippen molar-refractivity contribution in [3.63, 3.8) is 0 Å². The number of aromatic nitrogens is 3. The van der Waals surface area contributed by atoms with E-state index in [0.29, 0.717) is 28.5 Å². The maximum absolute atomic E-state index is 12.7. The maximum Gasteiger partial charge on any atom is 0.322 e. The van der Waals surface area contributed by atoms with Crippen molar-refractivity contribution in [1.82, 2.24) is 15.0 Å². The fraction of sp³-hybridized carbons (Fsp3) is 0.0909. The molecule has 0 aliphatic rings. The van der Waals surface area contributed by atoms with Gasteiger partial charge in [0.25, 0.3) is 5.91 Å². The predicted molar refractivity (Wildman–Crippen MR) is 108 cm³/mol. The van der Waals surface area contributed by atoms with Crippen LogP contribution in [0, 0.1) is 13.8 Å². The fourth-order valence-corrected chi connectivity index (χ4v) is 2.88. The molecular weight excluding hydrogens is 352 g/mol. The molecule has 2 aromatic carbocycles. The number of aryl methyl sites for hydroxylation is 2. The predicted octanol–water partition coefficient (Wildman–Crippen LogP) is 4.69. The van der Waals surface area contributed by atoms with Gasteiger partial charge in [0.15, 0.2) is 0 Å². The average molecular weight is 370 g/mol. The minimum absolute atomic E-state index is 0.239. The highest BCUT2D eigenvalue weighted by molar-refractivity contribution is 6.04. The number of anilines is 1. The zero-order valence-corrected chi connectivity index (χ0v) is 15.5. The normalized spacial score (nSPS) is 10.6. The quantitative estimate of drug-likeness (QED) is 0.564. The number of carbonyl (C=O) groups is 1. The lowest BCUT2D eigenvalue weighted by Crippen LogP contribution is -2.16. The minimum Gasteiger partial charge on any atom is -0.424 e. The minimum atomic E-state index is -0.308. The highest BCUT2D eigenvalue weighted by atomic mass is 16.5. The number of nitrogens with zero attached hydrogens (tertiary/aromatic N) is 3. The molecule has 2 aromatic heterocycles. The van der Waals surface area contributed by atoms with Crippen molar-refractivity contribution in [2.75, 3.05) is 5.32 Å². The Labute approximate surface area is 162 Å². The monoisotopic (exact) mass is 370 g/mol. The average Bonchev–Trinajstić information content (AvgIpc) is 2.71. The van der Waals surface area contributed by atoms with Crippen LogP contribution in [0.15, 0.2) is 66.7 Å². The Bertz CT molecular complexity index is 1140. The molecule has 4 rings (SSSR count). The van der Waals surface area contributed by atoms with Gasteiger partial charge in [-0.1, -0.05) is 42.5 Å². The van der Waals surface area contributed by atoms with E-state index < -0.39 is 0 Å². The van der Waals surface area contributed by atoms with E-state index in [9.17, 15) is 4.79 Å². The van der Waals surface area contributed by atoms with Crippen LogP contribution in [0.3, 0.4) is 0 Å². The molecule has 138 valence electrons. The molecule has 0 aliphatic heterocycles. The van der Waals surface area contributed by atoms with Crippen molar-refractivity contribution in [2.24, 2.45) is 0 Å². The van der Waals surface area contributed by atoms with E-state index in [1.54, 1.807) is 19.9 Å².